The Kier molecular flexibility index (Phi) is 10.5. The molecular formula is C5H8NaO3. The van der Waals surface area contributed by atoms with E-state index in [2.05, 4.69) is 4.74 Å². The number of carbonyl (C=O) groups excluding carboxylic acids is 1. The monoisotopic (exact) mass is 139 g/mol. The molecule has 0 bridgehead atoms. The third-order valence-corrected chi connectivity index (χ3v) is 0.497. The molecule has 0 aromatic heterocycles. The summed E-state index contributed by atoms with van der Waals surface area (Å²) in [5.41, 5.74) is 0. The van der Waals surface area contributed by atoms with Crippen molar-refractivity contribution in [2.75, 3.05) is 6.61 Å². The number of esters is 1. The largest absolute Gasteiger partial charge is 0.515 e. The van der Waals surface area contributed by atoms with Crippen LogP contribution in [0.4, 0.5) is 0 Å². The Morgan fingerprint density at radius 1 is 1.78 bits per heavy atom. The molecular weight excluding hydrogens is 131 g/mol. The van der Waals surface area contributed by atoms with Crippen molar-refractivity contribution < 1.29 is 14.6 Å². The molecule has 0 saturated heterocycles. The van der Waals surface area contributed by atoms with Gasteiger partial charge in [0.15, 0.2) is 0 Å². The van der Waals surface area contributed by atoms with Crippen LogP contribution in [-0.2, 0) is 9.53 Å². The number of carbonyl (C=O) groups is 1. The Labute approximate surface area is 76.0 Å². The van der Waals surface area contributed by atoms with Crippen molar-refractivity contribution in [2.24, 2.45) is 0 Å². The van der Waals surface area contributed by atoms with Gasteiger partial charge >= 0.3 is 5.97 Å². The number of aliphatic hydroxyl groups excluding tert-OH is 1. The van der Waals surface area contributed by atoms with E-state index in [9.17, 15) is 4.79 Å². The number of hydrogen-bond acceptors (Lipinski definition) is 3. The standard InChI is InChI=1S/C5H8O3.Na/c1-2-8-5(7)3-4-6;/h3-4,6H,2H2,1H3;. The molecule has 0 amide bonds. The number of aliphatic hydroxyl groups is 1. The van der Waals surface area contributed by atoms with E-state index in [0.717, 1.165) is 6.08 Å². The first-order chi connectivity index (χ1) is 3.81. The maximum absolute atomic E-state index is 10.2. The molecule has 0 aliphatic heterocycles. The quantitative estimate of drug-likeness (QED) is 0.258. The predicted octanol–water partition coefficient (Wildman–Crippen LogP) is 0.240. The smallest absolute Gasteiger partial charge is 0.333 e. The van der Waals surface area contributed by atoms with Crippen LogP contribution in [0.3, 0.4) is 0 Å². The van der Waals surface area contributed by atoms with Gasteiger partial charge in [0.2, 0.25) is 0 Å². The zero-order valence-corrected chi connectivity index (χ0v) is 7.63. The molecule has 0 aromatic rings. The topological polar surface area (TPSA) is 46.5 Å². The van der Waals surface area contributed by atoms with Gasteiger partial charge in [-0.3, -0.25) is 0 Å². The van der Waals surface area contributed by atoms with Crippen molar-refractivity contribution in [3.63, 3.8) is 0 Å². The van der Waals surface area contributed by atoms with Crippen molar-refractivity contribution in [1.82, 2.24) is 0 Å². The second-order valence-corrected chi connectivity index (χ2v) is 1.07. The van der Waals surface area contributed by atoms with Gasteiger partial charge < -0.3 is 9.84 Å². The maximum Gasteiger partial charge on any atom is 0.333 e. The van der Waals surface area contributed by atoms with E-state index < -0.39 is 5.97 Å². The minimum absolute atomic E-state index is 0. The van der Waals surface area contributed by atoms with Gasteiger partial charge in [-0.05, 0) is 6.92 Å². The summed E-state index contributed by atoms with van der Waals surface area (Å²) >= 11 is 0. The third kappa shape index (κ3) is 8.01. The van der Waals surface area contributed by atoms with Gasteiger partial charge in [0.25, 0.3) is 0 Å². The molecule has 1 N–H and O–H groups in total. The summed E-state index contributed by atoms with van der Waals surface area (Å²) in [6.45, 7) is 2.03. The molecule has 0 heterocycles. The first-order valence-electron chi connectivity index (χ1n) is 2.28. The number of hydrogen-bond donors (Lipinski definition) is 1. The fraction of sp³-hybridized carbons (Fsp3) is 0.400. The van der Waals surface area contributed by atoms with E-state index in [1.807, 2.05) is 0 Å². The summed E-state index contributed by atoms with van der Waals surface area (Å²) < 4.78 is 4.40. The Hall–Kier alpha value is 0.0100. The SMILES string of the molecule is CCOC(=O)C=CO.[Na]. The molecule has 0 aromatic carbocycles. The molecule has 0 fully saturated rings. The predicted molar refractivity (Wildman–Crippen MR) is 34.2 cm³/mol. The van der Waals surface area contributed by atoms with Gasteiger partial charge in [0.1, 0.15) is 0 Å². The molecule has 3 nitrogen and oxygen atoms in total. The summed E-state index contributed by atoms with van der Waals surface area (Å²) in [5, 5.41) is 7.98. The van der Waals surface area contributed by atoms with Gasteiger partial charge in [-0.1, -0.05) is 0 Å². The average Bonchev–Trinajstić information content (AvgIpc) is 1.68. The van der Waals surface area contributed by atoms with E-state index in [1.54, 1.807) is 6.92 Å². The Bertz CT molecular complexity index is 100. The number of rotatable bonds is 2. The molecule has 47 valence electrons. The second kappa shape index (κ2) is 8.01. The van der Waals surface area contributed by atoms with E-state index >= 15 is 0 Å². The summed E-state index contributed by atoms with van der Waals surface area (Å²) in [5.74, 6) is -0.519. The van der Waals surface area contributed by atoms with Gasteiger partial charge in [0.05, 0.1) is 18.9 Å². The minimum atomic E-state index is -0.519. The van der Waals surface area contributed by atoms with Crippen molar-refractivity contribution >= 4 is 35.5 Å². The molecule has 0 saturated carbocycles. The molecule has 0 rings (SSSR count). The fourth-order valence-corrected chi connectivity index (χ4v) is 0.251. The summed E-state index contributed by atoms with van der Waals surface area (Å²) in [6.07, 6.45) is 1.60. The maximum atomic E-state index is 10.2. The zero-order chi connectivity index (χ0) is 6.41. The normalized spacial score (nSPS) is 8.56. The van der Waals surface area contributed by atoms with E-state index in [0.29, 0.717) is 12.9 Å². The van der Waals surface area contributed by atoms with Crippen molar-refractivity contribution in [1.29, 1.82) is 0 Å². The molecule has 0 aliphatic carbocycles. The van der Waals surface area contributed by atoms with Crippen LogP contribution >= 0.6 is 0 Å². The second-order valence-electron chi connectivity index (χ2n) is 1.07. The van der Waals surface area contributed by atoms with E-state index in [1.165, 1.54) is 0 Å². The van der Waals surface area contributed by atoms with Crippen molar-refractivity contribution in [3.05, 3.63) is 12.3 Å². The van der Waals surface area contributed by atoms with Crippen LogP contribution in [0.15, 0.2) is 12.3 Å². The van der Waals surface area contributed by atoms with E-state index in [4.69, 9.17) is 5.11 Å². The molecule has 0 unspecified atom stereocenters. The third-order valence-electron chi connectivity index (χ3n) is 0.497. The van der Waals surface area contributed by atoms with Crippen LogP contribution in [0.1, 0.15) is 6.92 Å². The van der Waals surface area contributed by atoms with Crippen LogP contribution in [0.2, 0.25) is 0 Å². The molecule has 0 atom stereocenters. The Morgan fingerprint density at radius 3 is 2.67 bits per heavy atom. The summed E-state index contributed by atoms with van der Waals surface area (Å²) in [7, 11) is 0. The average molecular weight is 139 g/mol. The van der Waals surface area contributed by atoms with Gasteiger partial charge in [-0.25, -0.2) is 4.79 Å². The summed E-state index contributed by atoms with van der Waals surface area (Å²) in [4.78, 5) is 10.2. The Morgan fingerprint density at radius 2 is 2.33 bits per heavy atom. The molecule has 1 radical (unpaired) electrons. The first-order valence-corrected chi connectivity index (χ1v) is 2.28. The van der Waals surface area contributed by atoms with Crippen LogP contribution < -0.4 is 0 Å². The Balaban J connectivity index is 0. The van der Waals surface area contributed by atoms with E-state index in [-0.39, 0.29) is 29.6 Å². The molecule has 0 spiro atoms. The number of ether oxygens (including phenoxy) is 1. The zero-order valence-electron chi connectivity index (χ0n) is 5.63. The summed E-state index contributed by atoms with van der Waals surface area (Å²) in [6, 6.07) is 0. The molecule has 0 aliphatic rings. The van der Waals surface area contributed by atoms with Gasteiger partial charge in [-0.2, -0.15) is 0 Å². The minimum Gasteiger partial charge on any atom is -0.515 e. The van der Waals surface area contributed by atoms with Crippen molar-refractivity contribution in [2.45, 2.75) is 6.92 Å². The first kappa shape index (κ1) is 11.8. The van der Waals surface area contributed by atoms with Gasteiger partial charge in [-0.15, -0.1) is 0 Å². The van der Waals surface area contributed by atoms with Crippen molar-refractivity contribution in [3.8, 4) is 0 Å². The molecule has 4 heteroatoms. The van der Waals surface area contributed by atoms with Crippen LogP contribution in [0, 0.1) is 0 Å². The van der Waals surface area contributed by atoms with Crippen LogP contribution in [0.5, 0.6) is 0 Å². The molecule has 9 heavy (non-hydrogen) atoms. The van der Waals surface area contributed by atoms with Gasteiger partial charge in [0, 0.05) is 29.6 Å². The van der Waals surface area contributed by atoms with Crippen LogP contribution in [-0.4, -0.2) is 47.2 Å². The fourth-order valence-electron chi connectivity index (χ4n) is 0.251. The van der Waals surface area contributed by atoms with Crippen LogP contribution in [0.25, 0.3) is 0 Å².